The highest BCUT2D eigenvalue weighted by Crippen LogP contribution is 2.38. The van der Waals surface area contributed by atoms with E-state index in [2.05, 4.69) is 23.7 Å². The molecule has 3 atom stereocenters. The van der Waals surface area contributed by atoms with Crippen molar-refractivity contribution in [2.24, 2.45) is 11.8 Å². The van der Waals surface area contributed by atoms with Gasteiger partial charge in [0.05, 0.1) is 5.69 Å². The fourth-order valence-electron chi connectivity index (χ4n) is 3.61. The first kappa shape index (κ1) is 13.5. The molecule has 1 aromatic heterocycles. The SMILES string of the molecule is CCC1CCC(NC(=O)c2cc(N)cn2C2CC2)C1C. The predicted molar refractivity (Wildman–Crippen MR) is 80.5 cm³/mol. The van der Waals surface area contributed by atoms with Gasteiger partial charge >= 0.3 is 0 Å². The molecule has 0 saturated heterocycles. The Morgan fingerprint density at radius 1 is 1.40 bits per heavy atom. The van der Waals surface area contributed by atoms with Crippen LogP contribution in [0.3, 0.4) is 0 Å². The Kier molecular flexibility index (Phi) is 3.48. The molecule has 3 rings (SSSR count). The lowest BCUT2D eigenvalue weighted by Gasteiger charge is -2.21. The number of nitrogens with two attached hydrogens (primary N) is 1. The van der Waals surface area contributed by atoms with Crippen LogP contribution in [0, 0.1) is 11.8 Å². The Morgan fingerprint density at radius 3 is 2.75 bits per heavy atom. The maximum atomic E-state index is 12.5. The van der Waals surface area contributed by atoms with Crippen LogP contribution in [0.1, 0.15) is 62.5 Å². The predicted octanol–water partition coefficient (Wildman–Crippen LogP) is 2.96. The van der Waals surface area contributed by atoms with Gasteiger partial charge in [0.2, 0.25) is 0 Å². The van der Waals surface area contributed by atoms with Gasteiger partial charge in [-0.3, -0.25) is 4.79 Å². The molecule has 0 bridgehead atoms. The molecule has 2 saturated carbocycles. The van der Waals surface area contributed by atoms with Crippen LogP contribution in [-0.4, -0.2) is 16.5 Å². The highest BCUT2D eigenvalue weighted by Gasteiger charge is 2.34. The number of nitrogens with zero attached hydrogens (tertiary/aromatic N) is 1. The molecule has 2 fully saturated rings. The molecule has 2 aliphatic rings. The monoisotopic (exact) mass is 275 g/mol. The fourth-order valence-corrected chi connectivity index (χ4v) is 3.61. The quantitative estimate of drug-likeness (QED) is 0.887. The number of anilines is 1. The summed E-state index contributed by atoms with van der Waals surface area (Å²) >= 11 is 0. The molecule has 3 N–H and O–H groups in total. The van der Waals surface area contributed by atoms with Crippen LogP contribution in [0.4, 0.5) is 5.69 Å². The van der Waals surface area contributed by atoms with Crippen molar-refractivity contribution in [3.05, 3.63) is 18.0 Å². The summed E-state index contributed by atoms with van der Waals surface area (Å²) in [4.78, 5) is 12.5. The number of nitrogen functional groups attached to an aromatic ring is 1. The summed E-state index contributed by atoms with van der Waals surface area (Å²) in [5, 5.41) is 3.23. The van der Waals surface area contributed by atoms with Crippen molar-refractivity contribution in [1.29, 1.82) is 0 Å². The van der Waals surface area contributed by atoms with Crippen molar-refractivity contribution >= 4 is 11.6 Å². The van der Waals surface area contributed by atoms with Crippen molar-refractivity contribution < 1.29 is 4.79 Å². The van der Waals surface area contributed by atoms with E-state index < -0.39 is 0 Å². The second kappa shape index (κ2) is 5.15. The third-order valence-electron chi connectivity index (χ3n) is 5.11. The van der Waals surface area contributed by atoms with E-state index in [4.69, 9.17) is 5.73 Å². The molecule has 1 heterocycles. The lowest BCUT2D eigenvalue weighted by Crippen LogP contribution is -2.38. The van der Waals surface area contributed by atoms with Crippen molar-refractivity contribution in [2.45, 2.75) is 58.0 Å². The van der Waals surface area contributed by atoms with Gasteiger partial charge in [0.1, 0.15) is 5.69 Å². The maximum absolute atomic E-state index is 12.5. The highest BCUT2D eigenvalue weighted by atomic mass is 16.2. The Morgan fingerprint density at radius 2 is 2.15 bits per heavy atom. The van der Waals surface area contributed by atoms with Gasteiger partial charge in [0.25, 0.3) is 5.91 Å². The van der Waals surface area contributed by atoms with Crippen LogP contribution in [0.15, 0.2) is 12.3 Å². The Balaban J connectivity index is 1.70. The number of hydrogen-bond donors (Lipinski definition) is 2. The van der Waals surface area contributed by atoms with E-state index in [-0.39, 0.29) is 5.91 Å². The lowest BCUT2D eigenvalue weighted by atomic mass is 9.93. The number of carbonyl (C=O) groups is 1. The molecule has 2 aliphatic carbocycles. The van der Waals surface area contributed by atoms with Crippen LogP contribution in [0.25, 0.3) is 0 Å². The second-order valence-corrected chi connectivity index (χ2v) is 6.48. The summed E-state index contributed by atoms with van der Waals surface area (Å²) in [6.07, 6.45) is 7.76. The summed E-state index contributed by atoms with van der Waals surface area (Å²) in [5.41, 5.74) is 7.28. The first-order chi connectivity index (χ1) is 9.60. The average Bonchev–Trinajstić information content (AvgIpc) is 3.11. The van der Waals surface area contributed by atoms with E-state index >= 15 is 0 Å². The van der Waals surface area contributed by atoms with Gasteiger partial charge in [-0.05, 0) is 43.6 Å². The zero-order valence-corrected chi connectivity index (χ0v) is 12.4. The molecule has 3 unspecified atom stereocenters. The molecular formula is C16H25N3O. The van der Waals surface area contributed by atoms with Crippen molar-refractivity contribution in [3.63, 3.8) is 0 Å². The van der Waals surface area contributed by atoms with E-state index in [0.29, 0.717) is 23.7 Å². The number of amides is 1. The first-order valence-electron chi connectivity index (χ1n) is 7.88. The molecule has 4 heteroatoms. The minimum atomic E-state index is 0.0437. The van der Waals surface area contributed by atoms with Gasteiger partial charge < -0.3 is 15.6 Å². The highest BCUT2D eigenvalue weighted by molar-refractivity contribution is 5.94. The first-order valence-corrected chi connectivity index (χ1v) is 7.88. The van der Waals surface area contributed by atoms with Gasteiger partial charge in [-0.1, -0.05) is 20.3 Å². The molecule has 1 amide bonds. The lowest BCUT2D eigenvalue weighted by molar-refractivity contribution is 0.0917. The van der Waals surface area contributed by atoms with Gasteiger partial charge in [-0.15, -0.1) is 0 Å². The van der Waals surface area contributed by atoms with Crippen LogP contribution >= 0.6 is 0 Å². The summed E-state index contributed by atoms with van der Waals surface area (Å²) < 4.78 is 2.06. The smallest absolute Gasteiger partial charge is 0.268 e. The van der Waals surface area contributed by atoms with E-state index in [1.54, 1.807) is 0 Å². The van der Waals surface area contributed by atoms with Gasteiger partial charge in [0.15, 0.2) is 0 Å². The number of aromatic nitrogens is 1. The van der Waals surface area contributed by atoms with E-state index in [0.717, 1.165) is 30.9 Å². The van der Waals surface area contributed by atoms with E-state index in [1.165, 1.54) is 12.8 Å². The molecule has 0 aliphatic heterocycles. The van der Waals surface area contributed by atoms with E-state index in [1.807, 2.05) is 12.3 Å². The maximum Gasteiger partial charge on any atom is 0.268 e. The number of rotatable bonds is 4. The second-order valence-electron chi connectivity index (χ2n) is 6.48. The summed E-state index contributed by atoms with van der Waals surface area (Å²) in [7, 11) is 0. The zero-order valence-electron chi connectivity index (χ0n) is 12.4. The van der Waals surface area contributed by atoms with Crippen molar-refractivity contribution in [3.8, 4) is 0 Å². The summed E-state index contributed by atoms with van der Waals surface area (Å²) in [5.74, 6) is 1.37. The number of carbonyl (C=O) groups excluding carboxylic acids is 1. The topological polar surface area (TPSA) is 60.1 Å². The Labute approximate surface area is 120 Å². The average molecular weight is 275 g/mol. The molecular weight excluding hydrogens is 250 g/mol. The largest absolute Gasteiger partial charge is 0.397 e. The van der Waals surface area contributed by atoms with Gasteiger partial charge in [0, 0.05) is 18.3 Å². The molecule has 4 nitrogen and oxygen atoms in total. The fraction of sp³-hybridized carbons (Fsp3) is 0.688. The van der Waals surface area contributed by atoms with Crippen molar-refractivity contribution in [2.75, 3.05) is 5.73 Å². The Bertz CT molecular complexity index is 504. The molecule has 1 aromatic rings. The standard InChI is InChI=1S/C16H25N3O/c1-3-11-4-7-14(10(11)2)18-16(20)15-8-12(17)9-19(15)13-5-6-13/h8-11,13-14H,3-7,17H2,1-2H3,(H,18,20). The summed E-state index contributed by atoms with van der Waals surface area (Å²) in [6, 6.07) is 2.61. The van der Waals surface area contributed by atoms with Crippen molar-refractivity contribution in [1.82, 2.24) is 9.88 Å². The zero-order chi connectivity index (χ0) is 14.3. The molecule has 0 aromatic carbocycles. The van der Waals surface area contributed by atoms with E-state index in [9.17, 15) is 4.79 Å². The third-order valence-corrected chi connectivity index (χ3v) is 5.11. The summed E-state index contributed by atoms with van der Waals surface area (Å²) in [6.45, 7) is 4.50. The molecule has 0 spiro atoms. The van der Waals surface area contributed by atoms with Gasteiger partial charge in [-0.25, -0.2) is 0 Å². The minimum absolute atomic E-state index is 0.0437. The normalized spacial score (nSPS) is 29.6. The third kappa shape index (κ3) is 2.43. The van der Waals surface area contributed by atoms with Crippen LogP contribution < -0.4 is 11.1 Å². The van der Waals surface area contributed by atoms with Gasteiger partial charge in [-0.2, -0.15) is 0 Å². The van der Waals surface area contributed by atoms with Crippen LogP contribution in [-0.2, 0) is 0 Å². The van der Waals surface area contributed by atoms with Crippen LogP contribution in [0.2, 0.25) is 0 Å². The van der Waals surface area contributed by atoms with Crippen LogP contribution in [0.5, 0.6) is 0 Å². The number of hydrogen-bond acceptors (Lipinski definition) is 2. The molecule has 110 valence electrons. The molecule has 0 radical (unpaired) electrons. The minimum Gasteiger partial charge on any atom is -0.397 e. The molecule has 20 heavy (non-hydrogen) atoms. The Hall–Kier alpha value is -1.45. The number of nitrogens with one attached hydrogen (secondary N) is 1.